The summed E-state index contributed by atoms with van der Waals surface area (Å²) in [5.41, 5.74) is 8.72. The minimum absolute atomic E-state index is 0.0589. The molecule has 1 amide bonds. The number of aliphatic imine (C=N–C) groups is 1. The molecule has 0 atom stereocenters. The van der Waals surface area contributed by atoms with Crippen molar-refractivity contribution in [3.63, 3.8) is 0 Å². The maximum absolute atomic E-state index is 12.3. The zero-order chi connectivity index (χ0) is 22.2. The zero-order valence-electron chi connectivity index (χ0n) is 17.1. The van der Waals surface area contributed by atoms with Gasteiger partial charge in [0.2, 0.25) is 0 Å². The molecule has 0 spiro atoms. The molecule has 1 aliphatic rings. The summed E-state index contributed by atoms with van der Waals surface area (Å²) in [6.07, 6.45) is 3.83. The summed E-state index contributed by atoms with van der Waals surface area (Å²) in [5, 5.41) is 3.31. The Hall–Kier alpha value is -3.29. The molecule has 0 aliphatic carbocycles. The Bertz CT molecular complexity index is 1190. The van der Waals surface area contributed by atoms with Gasteiger partial charge in [0, 0.05) is 40.9 Å². The van der Waals surface area contributed by atoms with E-state index in [1.54, 1.807) is 50.4 Å². The average molecular weight is 437 g/mol. The number of ketones is 1. The van der Waals surface area contributed by atoms with Crippen molar-refractivity contribution >= 4 is 40.5 Å². The quantitative estimate of drug-likeness (QED) is 0.604. The maximum atomic E-state index is 12.3. The van der Waals surface area contributed by atoms with Gasteiger partial charge in [0.05, 0.1) is 17.5 Å². The summed E-state index contributed by atoms with van der Waals surface area (Å²) in [4.78, 5) is 33.5. The van der Waals surface area contributed by atoms with Crippen molar-refractivity contribution in [2.75, 3.05) is 5.32 Å². The minimum Gasteiger partial charge on any atom is -0.459 e. The summed E-state index contributed by atoms with van der Waals surface area (Å²) < 4.78 is 5.12. The second-order valence-electron chi connectivity index (χ2n) is 8.01. The molecule has 3 N–H and O–H groups in total. The van der Waals surface area contributed by atoms with Gasteiger partial charge in [0.25, 0.3) is 5.91 Å². The normalized spacial score (nSPS) is 13.0. The molecule has 31 heavy (non-hydrogen) atoms. The molecule has 4 rings (SSSR count). The Balaban J connectivity index is 1.53. The van der Waals surface area contributed by atoms with Crippen LogP contribution in [0.1, 0.15) is 41.1 Å². The van der Waals surface area contributed by atoms with Crippen LogP contribution >= 0.6 is 11.6 Å². The molecule has 3 aromatic rings. The van der Waals surface area contributed by atoms with Crippen LogP contribution in [0, 0.1) is 0 Å². The number of carbonyl (C=O) groups is 2. The first-order valence-corrected chi connectivity index (χ1v) is 10.1. The van der Waals surface area contributed by atoms with Crippen molar-refractivity contribution in [3.8, 4) is 0 Å². The third kappa shape index (κ3) is 4.57. The summed E-state index contributed by atoms with van der Waals surface area (Å²) in [5.74, 6) is 0.401. The second-order valence-corrected chi connectivity index (χ2v) is 8.42. The molecule has 0 unspecified atom stereocenters. The van der Waals surface area contributed by atoms with Gasteiger partial charge in [-0.2, -0.15) is 0 Å². The van der Waals surface area contributed by atoms with E-state index in [9.17, 15) is 9.59 Å². The van der Waals surface area contributed by atoms with E-state index in [1.165, 1.54) is 6.26 Å². The molecule has 0 radical (unpaired) electrons. The molecule has 8 heteroatoms. The highest BCUT2D eigenvalue weighted by molar-refractivity contribution is 6.34. The lowest BCUT2D eigenvalue weighted by molar-refractivity contribution is -0.122. The lowest BCUT2D eigenvalue weighted by Gasteiger charge is -2.16. The molecule has 1 aromatic carbocycles. The molecule has 0 saturated heterocycles. The molecule has 2 aromatic heterocycles. The minimum atomic E-state index is -0.894. The number of carbonyl (C=O) groups excluding carboxylic acids is 2. The smallest absolute Gasteiger partial charge is 0.291 e. The lowest BCUT2D eigenvalue weighted by Crippen LogP contribution is -2.42. The number of rotatable bonds is 6. The van der Waals surface area contributed by atoms with E-state index in [1.807, 2.05) is 6.07 Å². The van der Waals surface area contributed by atoms with E-state index in [0.29, 0.717) is 28.5 Å². The van der Waals surface area contributed by atoms with Gasteiger partial charge in [0.15, 0.2) is 17.4 Å². The van der Waals surface area contributed by atoms with Crippen molar-refractivity contribution in [2.45, 2.75) is 32.2 Å². The molecule has 7 nitrogen and oxygen atoms in total. The number of nitrogens with zero attached hydrogens (tertiary/aromatic N) is 2. The molecule has 158 valence electrons. The van der Waals surface area contributed by atoms with Crippen molar-refractivity contribution in [1.29, 1.82) is 0 Å². The Labute approximate surface area is 184 Å². The van der Waals surface area contributed by atoms with Gasteiger partial charge >= 0.3 is 0 Å². The number of furan rings is 1. The lowest BCUT2D eigenvalue weighted by atomic mass is 9.94. The average Bonchev–Trinajstić information content (AvgIpc) is 3.38. The summed E-state index contributed by atoms with van der Waals surface area (Å²) >= 11 is 6.41. The Morgan fingerprint density at radius 1 is 1.26 bits per heavy atom. The number of nitrogens with one attached hydrogen (secondary N) is 1. The Kier molecular flexibility index (Phi) is 5.47. The van der Waals surface area contributed by atoms with Crippen LogP contribution < -0.4 is 11.1 Å². The van der Waals surface area contributed by atoms with Crippen LogP contribution in [0.2, 0.25) is 5.02 Å². The number of Topliss-reactive ketones (excluding diaryl/α,β-unsaturated/α-hetero) is 1. The standard InChI is InChI=1S/C23H21ClN4O3/c1-23(2,25)20(29)9-13-8-14-10-18(28-21(14)26-12-13)16-11-15(5-6-17(16)24)27-22(30)19-4-3-7-31-19/h3-8,11-12H,9-10,25H2,1-2H3,(H,27,30). The number of nitrogens with two attached hydrogens (primary N) is 1. The molecule has 3 heterocycles. The van der Waals surface area contributed by atoms with E-state index >= 15 is 0 Å². The van der Waals surface area contributed by atoms with Crippen molar-refractivity contribution in [3.05, 3.63) is 76.3 Å². The van der Waals surface area contributed by atoms with Crippen LogP contribution in [0.3, 0.4) is 0 Å². The van der Waals surface area contributed by atoms with Gasteiger partial charge in [-0.1, -0.05) is 11.6 Å². The van der Waals surface area contributed by atoms with Gasteiger partial charge in [-0.05, 0) is 55.8 Å². The first kappa shape index (κ1) is 21.0. The number of hydrogen-bond donors (Lipinski definition) is 2. The fourth-order valence-electron chi connectivity index (χ4n) is 3.22. The van der Waals surface area contributed by atoms with Gasteiger partial charge in [0.1, 0.15) is 0 Å². The summed E-state index contributed by atoms with van der Waals surface area (Å²) in [7, 11) is 0. The third-order valence-electron chi connectivity index (χ3n) is 4.96. The van der Waals surface area contributed by atoms with Crippen LogP contribution in [0.4, 0.5) is 11.5 Å². The molecule has 0 bridgehead atoms. The highest BCUT2D eigenvalue weighted by Crippen LogP contribution is 2.31. The number of amides is 1. The molecular formula is C23H21ClN4O3. The first-order chi connectivity index (χ1) is 14.7. The highest BCUT2D eigenvalue weighted by atomic mass is 35.5. The molecule has 1 aliphatic heterocycles. The molecular weight excluding hydrogens is 416 g/mol. The van der Waals surface area contributed by atoms with Crippen molar-refractivity contribution in [2.24, 2.45) is 10.7 Å². The maximum Gasteiger partial charge on any atom is 0.291 e. The SMILES string of the molecule is CC(C)(N)C(=O)Cc1cnc2c(c1)CC(c1cc(NC(=O)c3ccco3)ccc1Cl)=N2. The number of hydrogen-bond acceptors (Lipinski definition) is 6. The van der Waals surface area contributed by atoms with Crippen molar-refractivity contribution < 1.29 is 14.0 Å². The van der Waals surface area contributed by atoms with E-state index in [4.69, 9.17) is 21.8 Å². The van der Waals surface area contributed by atoms with Gasteiger partial charge < -0.3 is 15.5 Å². The van der Waals surface area contributed by atoms with Crippen LogP contribution in [-0.2, 0) is 17.6 Å². The number of pyridine rings is 1. The van der Waals surface area contributed by atoms with Crippen LogP contribution in [0.25, 0.3) is 0 Å². The van der Waals surface area contributed by atoms with Crippen LogP contribution in [0.15, 0.2) is 58.3 Å². The topological polar surface area (TPSA) is 111 Å². The van der Waals surface area contributed by atoms with E-state index in [2.05, 4.69) is 15.3 Å². The number of fused-ring (bicyclic) bond motifs is 1. The predicted molar refractivity (Wildman–Crippen MR) is 119 cm³/mol. The largest absolute Gasteiger partial charge is 0.459 e. The van der Waals surface area contributed by atoms with E-state index in [0.717, 1.165) is 16.8 Å². The highest BCUT2D eigenvalue weighted by Gasteiger charge is 2.24. The fraction of sp³-hybridized carbons (Fsp3) is 0.217. The third-order valence-corrected chi connectivity index (χ3v) is 5.29. The molecule has 0 fully saturated rings. The van der Waals surface area contributed by atoms with E-state index < -0.39 is 5.54 Å². The zero-order valence-corrected chi connectivity index (χ0v) is 17.9. The van der Waals surface area contributed by atoms with E-state index in [-0.39, 0.29) is 23.9 Å². The summed E-state index contributed by atoms with van der Waals surface area (Å²) in [6, 6.07) is 10.4. The monoisotopic (exact) mass is 436 g/mol. The number of anilines is 1. The summed E-state index contributed by atoms with van der Waals surface area (Å²) in [6.45, 7) is 3.38. The van der Waals surface area contributed by atoms with Crippen LogP contribution in [0.5, 0.6) is 0 Å². The fourth-order valence-corrected chi connectivity index (χ4v) is 3.45. The van der Waals surface area contributed by atoms with Crippen LogP contribution in [-0.4, -0.2) is 27.9 Å². The van der Waals surface area contributed by atoms with Crippen molar-refractivity contribution in [1.82, 2.24) is 4.98 Å². The predicted octanol–water partition coefficient (Wildman–Crippen LogP) is 4.11. The first-order valence-electron chi connectivity index (χ1n) is 9.73. The second kappa shape index (κ2) is 8.09. The Morgan fingerprint density at radius 2 is 2.06 bits per heavy atom. The van der Waals surface area contributed by atoms with Gasteiger partial charge in [-0.25, -0.2) is 9.98 Å². The van der Waals surface area contributed by atoms with Gasteiger partial charge in [-0.3, -0.25) is 9.59 Å². The van der Waals surface area contributed by atoms with Gasteiger partial charge in [-0.15, -0.1) is 0 Å². The number of halogens is 1. The number of benzene rings is 1. The number of aromatic nitrogens is 1. The Morgan fingerprint density at radius 3 is 2.77 bits per heavy atom. The molecule has 0 saturated carbocycles.